The van der Waals surface area contributed by atoms with Gasteiger partial charge in [-0.1, -0.05) is 38.1 Å². The molecule has 0 spiro atoms. The smallest absolute Gasteiger partial charge is 0.123 e. The Morgan fingerprint density at radius 3 is 2.14 bits per heavy atom. The van der Waals surface area contributed by atoms with Crippen molar-refractivity contribution in [3.8, 4) is 5.75 Å². The molecule has 0 aliphatic carbocycles. The highest BCUT2D eigenvalue weighted by molar-refractivity contribution is 5.55. The molecule has 2 aromatic carbocycles. The molecule has 0 aliphatic rings. The maximum absolute atomic E-state index is 5.92. The van der Waals surface area contributed by atoms with Gasteiger partial charge >= 0.3 is 0 Å². The summed E-state index contributed by atoms with van der Waals surface area (Å²) in [5, 5.41) is 0. The zero-order valence-corrected chi connectivity index (χ0v) is 13.4. The zero-order valence-electron chi connectivity index (χ0n) is 13.4. The first-order valence-corrected chi connectivity index (χ1v) is 7.53. The van der Waals surface area contributed by atoms with E-state index in [1.54, 1.807) is 0 Å². The summed E-state index contributed by atoms with van der Waals surface area (Å²) < 4.78 is 5.92. The van der Waals surface area contributed by atoms with Crippen LogP contribution in [0.15, 0.2) is 36.4 Å². The Hall–Kier alpha value is -1.96. The molecule has 2 N–H and O–H groups in total. The summed E-state index contributed by atoms with van der Waals surface area (Å²) in [6, 6.07) is 12.5. The van der Waals surface area contributed by atoms with Gasteiger partial charge in [0, 0.05) is 5.69 Å². The van der Waals surface area contributed by atoms with Gasteiger partial charge in [-0.05, 0) is 60.6 Å². The van der Waals surface area contributed by atoms with Crippen LogP contribution in [-0.2, 0) is 13.0 Å². The van der Waals surface area contributed by atoms with E-state index in [1.807, 2.05) is 26.0 Å². The number of nitrogens with two attached hydrogens (primary N) is 1. The highest BCUT2D eigenvalue weighted by atomic mass is 16.5. The van der Waals surface area contributed by atoms with E-state index in [9.17, 15) is 0 Å². The molecule has 0 heterocycles. The van der Waals surface area contributed by atoms with Crippen molar-refractivity contribution in [1.82, 2.24) is 0 Å². The third-order valence-electron chi connectivity index (χ3n) is 3.84. The molecule has 0 bridgehead atoms. The van der Waals surface area contributed by atoms with Crippen molar-refractivity contribution in [1.29, 1.82) is 0 Å². The molecular formula is C19H25NO. The van der Waals surface area contributed by atoms with Gasteiger partial charge in [0.1, 0.15) is 12.4 Å². The number of ether oxygens (including phenoxy) is 1. The second kappa shape index (κ2) is 6.66. The van der Waals surface area contributed by atoms with E-state index in [-0.39, 0.29) is 0 Å². The average Bonchev–Trinajstić information content (AvgIpc) is 2.45. The Morgan fingerprint density at radius 1 is 0.905 bits per heavy atom. The van der Waals surface area contributed by atoms with E-state index in [0.29, 0.717) is 12.5 Å². The molecule has 0 saturated carbocycles. The molecular weight excluding hydrogens is 258 g/mol. The summed E-state index contributed by atoms with van der Waals surface area (Å²) in [7, 11) is 0. The summed E-state index contributed by atoms with van der Waals surface area (Å²) in [5.41, 5.74) is 11.5. The molecule has 0 aromatic heterocycles. The van der Waals surface area contributed by atoms with Gasteiger partial charge in [-0.2, -0.15) is 0 Å². The molecule has 2 rings (SSSR count). The summed E-state index contributed by atoms with van der Waals surface area (Å²) >= 11 is 0. The first-order chi connectivity index (χ1) is 9.97. The average molecular weight is 283 g/mol. The van der Waals surface area contributed by atoms with Crippen molar-refractivity contribution in [2.75, 3.05) is 5.73 Å². The Labute approximate surface area is 127 Å². The number of benzene rings is 2. The first-order valence-electron chi connectivity index (χ1n) is 7.53. The number of anilines is 1. The Bertz CT molecular complexity index is 600. The quantitative estimate of drug-likeness (QED) is 0.810. The van der Waals surface area contributed by atoms with Crippen molar-refractivity contribution in [3.63, 3.8) is 0 Å². The summed E-state index contributed by atoms with van der Waals surface area (Å²) in [6.45, 7) is 9.14. The fourth-order valence-electron chi connectivity index (χ4n) is 2.38. The van der Waals surface area contributed by atoms with Crippen LogP contribution in [0, 0.1) is 19.8 Å². The first kappa shape index (κ1) is 15.4. The summed E-state index contributed by atoms with van der Waals surface area (Å²) in [6.07, 6.45) is 1.12. The molecule has 2 aromatic rings. The van der Waals surface area contributed by atoms with Gasteiger partial charge in [-0.3, -0.25) is 0 Å². The van der Waals surface area contributed by atoms with Gasteiger partial charge in [0.25, 0.3) is 0 Å². The van der Waals surface area contributed by atoms with E-state index in [0.717, 1.165) is 29.0 Å². The van der Waals surface area contributed by atoms with E-state index >= 15 is 0 Å². The number of nitrogen functional groups attached to an aromatic ring is 1. The summed E-state index contributed by atoms with van der Waals surface area (Å²) in [5.74, 6) is 1.60. The zero-order chi connectivity index (χ0) is 15.4. The standard InChI is InChI=1S/C19H25NO/c1-13(2)11-16-5-7-17(8-6-16)12-21-19-10-9-18(20)14(3)15(19)4/h5-10,13H,11-12,20H2,1-4H3. The minimum absolute atomic E-state index is 0.589. The highest BCUT2D eigenvalue weighted by Gasteiger charge is 2.06. The van der Waals surface area contributed by atoms with Crippen molar-refractivity contribution in [2.45, 2.75) is 40.7 Å². The highest BCUT2D eigenvalue weighted by Crippen LogP contribution is 2.26. The van der Waals surface area contributed by atoms with Gasteiger partial charge in [-0.25, -0.2) is 0 Å². The third kappa shape index (κ3) is 4.01. The Kier molecular flexibility index (Phi) is 4.89. The fourth-order valence-corrected chi connectivity index (χ4v) is 2.38. The lowest BCUT2D eigenvalue weighted by Gasteiger charge is -2.13. The lowest BCUT2D eigenvalue weighted by Crippen LogP contribution is -2.00. The molecule has 0 saturated heterocycles. The van der Waals surface area contributed by atoms with Crippen molar-refractivity contribution >= 4 is 5.69 Å². The normalized spacial score (nSPS) is 10.9. The predicted molar refractivity (Wildman–Crippen MR) is 89.6 cm³/mol. The van der Waals surface area contributed by atoms with Crippen LogP contribution >= 0.6 is 0 Å². The lowest BCUT2D eigenvalue weighted by molar-refractivity contribution is 0.304. The molecule has 0 radical (unpaired) electrons. The van der Waals surface area contributed by atoms with Crippen molar-refractivity contribution in [2.24, 2.45) is 5.92 Å². The van der Waals surface area contributed by atoms with Crippen LogP contribution in [0.25, 0.3) is 0 Å². The van der Waals surface area contributed by atoms with Crippen LogP contribution in [0.5, 0.6) is 5.75 Å². The van der Waals surface area contributed by atoms with E-state index in [2.05, 4.69) is 38.1 Å². The van der Waals surface area contributed by atoms with Gasteiger partial charge < -0.3 is 10.5 Å². The molecule has 2 nitrogen and oxygen atoms in total. The van der Waals surface area contributed by atoms with Crippen LogP contribution in [0.4, 0.5) is 5.69 Å². The molecule has 0 amide bonds. The SMILES string of the molecule is Cc1c(N)ccc(OCc2ccc(CC(C)C)cc2)c1C. The third-order valence-corrected chi connectivity index (χ3v) is 3.84. The minimum atomic E-state index is 0.589. The van der Waals surface area contributed by atoms with Gasteiger partial charge in [0.15, 0.2) is 0 Å². The largest absolute Gasteiger partial charge is 0.489 e. The van der Waals surface area contributed by atoms with Gasteiger partial charge in [-0.15, -0.1) is 0 Å². The Morgan fingerprint density at radius 2 is 1.52 bits per heavy atom. The molecule has 112 valence electrons. The molecule has 0 aliphatic heterocycles. The molecule has 0 atom stereocenters. The van der Waals surface area contributed by atoms with Crippen LogP contribution in [0.2, 0.25) is 0 Å². The monoisotopic (exact) mass is 283 g/mol. The Balaban J connectivity index is 2.02. The van der Waals surface area contributed by atoms with Gasteiger partial charge in [0.05, 0.1) is 0 Å². The number of hydrogen-bond acceptors (Lipinski definition) is 2. The van der Waals surface area contributed by atoms with Crippen LogP contribution < -0.4 is 10.5 Å². The van der Waals surface area contributed by atoms with Gasteiger partial charge in [0.2, 0.25) is 0 Å². The number of rotatable bonds is 5. The maximum Gasteiger partial charge on any atom is 0.123 e. The second-order valence-corrected chi connectivity index (χ2v) is 6.11. The topological polar surface area (TPSA) is 35.2 Å². The van der Waals surface area contributed by atoms with Crippen LogP contribution in [0.3, 0.4) is 0 Å². The van der Waals surface area contributed by atoms with E-state index in [1.165, 1.54) is 11.1 Å². The second-order valence-electron chi connectivity index (χ2n) is 6.11. The molecule has 0 unspecified atom stereocenters. The predicted octanol–water partition coefficient (Wildman–Crippen LogP) is 4.66. The lowest BCUT2D eigenvalue weighted by atomic mass is 10.0. The van der Waals surface area contributed by atoms with Crippen molar-refractivity contribution in [3.05, 3.63) is 58.7 Å². The van der Waals surface area contributed by atoms with E-state index < -0.39 is 0 Å². The summed E-state index contributed by atoms with van der Waals surface area (Å²) in [4.78, 5) is 0. The van der Waals surface area contributed by atoms with E-state index in [4.69, 9.17) is 10.5 Å². The molecule has 21 heavy (non-hydrogen) atoms. The van der Waals surface area contributed by atoms with Crippen molar-refractivity contribution < 1.29 is 4.74 Å². The number of hydrogen-bond donors (Lipinski definition) is 1. The minimum Gasteiger partial charge on any atom is -0.489 e. The molecule has 0 fully saturated rings. The van der Waals surface area contributed by atoms with Crippen LogP contribution in [-0.4, -0.2) is 0 Å². The van der Waals surface area contributed by atoms with Crippen LogP contribution in [0.1, 0.15) is 36.1 Å². The molecule has 2 heteroatoms. The maximum atomic E-state index is 5.92. The fraction of sp³-hybridized carbons (Fsp3) is 0.368.